The Labute approximate surface area is 157 Å². The van der Waals surface area contributed by atoms with E-state index in [1.165, 1.54) is 19.4 Å². The quantitative estimate of drug-likeness (QED) is 0.712. The molecule has 0 aliphatic carbocycles. The predicted molar refractivity (Wildman–Crippen MR) is 105 cm³/mol. The van der Waals surface area contributed by atoms with E-state index in [-0.39, 0.29) is 0 Å². The summed E-state index contributed by atoms with van der Waals surface area (Å²) in [4.78, 5) is 20.4. The maximum Gasteiger partial charge on any atom is 0.226 e. The van der Waals surface area contributed by atoms with E-state index in [4.69, 9.17) is 9.97 Å². The molecule has 0 aromatic carbocycles. The molecule has 3 aromatic heterocycles. The van der Waals surface area contributed by atoms with Gasteiger partial charge in [-0.2, -0.15) is 0 Å². The van der Waals surface area contributed by atoms with Crippen molar-refractivity contribution in [3.63, 3.8) is 0 Å². The average Bonchev–Trinajstić information content (AvgIpc) is 3.39. The zero-order valence-electron chi connectivity index (χ0n) is 14.6. The van der Waals surface area contributed by atoms with Gasteiger partial charge in [-0.15, -0.1) is 11.3 Å². The molecule has 5 heterocycles. The van der Waals surface area contributed by atoms with Gasteiger partial charge in [-0.1, -0.05) is 12.1 Å². The van der Waals surface area contributed by atoms with E-state index < -0.39 is 0 Å². The Balaban J connectivity index is 1.53. The Hall–Kier alpha value is -2.31. The first-order valence-electron chi connectivity index (χ1n) is 9.20. The van der Waals surface area contributed by atoms with Gasteiger partial charge in [0.2, 0.25) is 5.95 Å². The minimum Gasteiger partial charge on any atom is -0.338 e. The first kappa shape index (κ1) is 15.9. The molecule has 0 bridgehead atoms. The molecule has 26 heavy (non-hydrogen) atoms. The third kappa shape index (κ3) is 2.89. The highest BCUT2D eigenvalue weighted by Crippen LogP contribution is 2.33. The molecule has 2 saturated heterocycles. The third-order valence-electron chi connectivity index (χ3n) is 5.34. The summed E-state index contributed by atoms with van der Waals surface area (Å²) in [6.07, 6.45) is 6.38. The number of hydrogen-bond acceptors (Lipinski definition) is 6. The summed E-state index contributed by atoms with van der Waals surface area (Å²) in [7, 11) is 0. The first-order chi connectivity index (χ1) is 12.9. The van der Waals surface area contributed by atoms with Crippen LogP contribution in [0.1, 0.15) is 12.8 Å². The van der Waals surface area contributed by atoms with Gasteiger partial charge >= 0.3 is 0 Å². The highest BCUT2D eigenvalue weighted by atomic mass is 32.1. The van der Waals surface area contributed by atoms with E-state index in [2.05, 4.69) is 32.3 Å². The molecule has 0 N–H and O–H groups in total. The molecule has 5 nitrogen and oxygen atoms in total. The van der Waals surface area contributed by atoms with Crippen LogP contribution in [0, 0.1) is 0 Å². The van der Waals surface area contributed by atoms with Crippen LogP contribution in [0.15, 0.2) is 48.1 Å². The summed E-state index contributed by atoms with van der Waals surface area (Å²) in [5.41, 5.74) is 2.90. The molecule has 132 valence electrons. The fourth-order valence-corrected chi connectivity index (χ4v) is 4.74. The highest BCUT2D eigenvalue weighted by molar-refractivity contribution is 7.13. The number of fused-ring (bicyclic) bond motifs is 1. The SMILES string of the molecule is c1ccc(-c2cnc(N3CCN4CCCC4C3)nc2-c2cccs2)nc1. The number of nitrogens with zero attached hydrogens (tertiary/aromatic N) is 5. The number of rotatable bonds is 3. The Bertz CT molecular complexity index is 880. The third-order valence-corrected chi connectivity index (χ3v) is 6.22. The van der Waals surface area contributed by atoms with Gasteiger partial charge in [-0.25, -0.2) is 9.97 Å². The molecular weight excluding hydrogens is 342 g/mol. The molecule has 3 aromatic rings. The summed E-state index contributed by atoms with van der Waals surface area (Å²) >= 11 is 1.71. The standard InChI is InChI=1S/C20H21N5S/c1-2-8-21-17(6-1)16-13-22-20(23-19(16)18-7-4-12-26-18)25-11-10-24-9-3-5-15(24)14-25/h1-2,4,6-8,12-13,15H,3,5,9-11,14H2. The molecular formula is C20H21N5S. The van der Waals surface area contributed by atoms with Crippen molar-refractivity contribution >= 4 is 17.3 Å². The second-order valence-electron chi connectivity index (χ2n) is 6.90. The van der Waals surface area contributed by atoms with Crippen LogP contribution in [0.5, 0.6) is 0 Å². The largest absolute Gasteiger partial charge is 0.338 e. The Morgan fingerprint density at radius 1 is 1.04 bits per heavy atom. The molecule has 0 amide bonds. The second-order valence-corrected chi connectivity index (χ2v) is 7.85. The van der Waals surface area contributed by atoms with E-state index in [0.29, 0.717) is 6.04 Å². The maximum atomic E-state index is 5.00. The number of aromatic nitrogens is 3. The molecule has 0 spiro atoms. The Kier molecular flexibility index (Phi) is 4.15. The van der Waals surface area contributed by atoms with Crippen molar-refractivity contribution in [1.29, 1.82) is 0 Å². The van der Waals surface area contributed by atoms with Crippen molar-refractivity contribution in [3.8, 4) is 21.8 Å². The molecule has 0 radical (unpaired) electrons. The summed E-state index contributed by atoms with van der Waals surface area (Å²) in [6, 6.07) is 10.8. The van der Waals surface area contributed by atoms with Gasteiger partial charge in [0, 0.05) is 43.6 Å². The zero-order chi connectivity index (χ0) is 17.3. The van der Waals surface area contributed by atoms with Crippen molar-refractivity contribution in [2.24, 2.45) is 0 Å². The zero-order valence-corrected chi connectivity index (χ0v) is 15.4. The summed E-state index contributed by atoms with van der Waals surface area (Å²) in [5.74, 6) is 0.847. The number of thiophene rings is 1. The fourth-order valence-electron chi connectivity index (χ4n) is 4.01. The summed E-state index contributed by atoms with van der Waals surface area (Å²) in [6.45, 7) is 4.40. The molecule has 2 fully saturated rings. The van der Waals surface area contributed by atoms with Crippen LogP contribution in [0.25, 0.3) is 21.8 Å². The predicted octanol–water partition coefficient (Wildman–Crippen LogP) is 3.55. The van der Waals surface area contributed by atoms with Crippen LogP contribution in [-0.2, 0) is 0 Å². The number of pyridine rings is 1. The lowest BCUT2D eigenvalue weighted by molar-refractivity contribution is 0.229. The molecule has 2 aliphatic rings. The van der Waals surface area contributed by atoms with Crippen LogP contribution in [0.2, 0.25) is 0 Å². The monoisotopic (exact) mass is 363 g/mol. The normalized spacial score (nSPS) is 20.3. The van der Waals surface area contributed by atoms with Crippen molar-refractivity contribution in [2.45, 2.75) is 18.9 Å². The van der Waals surface area contributed by atoms with E-state index in [1.54, 1.807) is 11.3 Å². The van der Waals surface area contributed by atoms with Gasteiger partial charge in [0.05, 0.1) is 16.3 Å². The van der Waals surface area contributed by atoms with Crippen molar-refractivity contribution in [1.82, 2.24) is 19.9 Å². The van der Waals surface area contributed by atoms with Crippen LogP contribution in [-0.4, -0.2) is 52.1 Å². The lowest BCUT2D eigenvalue weighted by atomic mass is 10.1. The molecule has 0 saturated carbocycles. The van der Waals surface area contributed by atoms with Crippen molar-refractivity contribution in [2.75, 3.05) is 31.1 Å². The molecule has 2 aliphatic heterocycles. The van der Waals surface area contributed by atoms with Gasteiger partial charge in [-0.3, -0.25) is 9.88 Å². The number of anilines is 1. The molecule has 1 unspecified atom stereocenters. The van der Waals surface area contributed by atoms with E-state index in [1.807, 2.05) is 30.6 Å². The van der Waals surface area contributed by atoms with E-state index >= 15 is 0 Å². The average molecular weight is 363 g/mol. The van der Waals surface area contributed by atoms with Crippen LogP contribution < -0.4 is 4.90 Å². The smallest absolute Gasteiger partial charge is 0.226 e. The number of hydrogen-bond donors (Lipinski definition) is 0. The lowest BCUT2D eigenvalue weighted by Gasteiger charge is -2.37. The second kappa shape index (κ2) is 6.78. The van der Waals surface area contributed by atoms with Crippen LogP contribution in [0.4, 0.5) is 5.95 Å². The Morgan fingerprint density at radius 3 is 2.88 bits per heavy atom. The van der Waals surface area contributed by atoms with E-state index in [0.717, 1.165) is 47.4 Å². The number of piperazine rings is 1. The topological polar surface area (TPSA) is 45.2 Å². The first-order valence-corrected chi connectivity index (χ1v) is 10.1. The van der Waals surface area contributed by atoms with E-state index in [9.17, 15) is 0 Å². The van der Waals surface area contributed by atoms with Gasteiger partial charge < -0.3 is 4.90 Å². The molecule has 1 atom stereocenters. The van der Waals surface area contributed by atoms with Gasteiger partial charge in [0.25, 0.3) is 0 Å². The van der Waals surface area contributed by atoms with Crippen molar-refractivity contribution in [3.05, 3.63) is 48.1 Å². The van der Waals surface area contributed by atoms with Gasteiger partial charge in [0.1, 0.15) is 0 Å². The van der Waals surface area contributed by atoms with Crippen LogP contribution in [0.3, 0.4) is 0 Å². The minimum atomic E-state index is 0.660. The minimum absolute atomic E-state index is 0.660. The highest BCUT2D eigenvalue weighted by Gasteiger charge is 2.31. The summed E-state index contributed by atoms with van der Waals surface area (Å²) in [5, 5.41) is 2.09. The van der Waals surface area contributed by atoms with Crippen LogP contribution >= 0.6 is 11.3 Å². The van der Waals surface area contributed by atoms with Crippen molar-refractivity contribution < 1.29 is 0 Å². The summed E-state index contributed by atoms with van der Waals surface area (Å²) < 4.78 is 0. The lowest BCUT2D eigenvalue weighted by Crippen LogP contribution is -2.50. The van der Waals surface area contributed by atoms with Gasteiger partial charge in [0.15, 0.2) is 0 Å². The fraction of sp³-hybridized carbons (Fsp3) is 0.350. The van der Waals surface area contributed by atoms with Gasteiger partial charge in [-0.05, 0) is 43.0 Å². The Morgan fingerprint density at radius 2 is 2.04 bits per heavy atom. The molecule has 5 rings (SSSR count). The maximum absolute atomic E-state index is 5.00. The molecule has 6 heteroatoms.